The molecule has 1 amide bonds. The summed E-state index contributed by atoms with van der Waals surface area (Å²) >= 11 is 0. The average Bonchev–Trinajstić information content (AvgIpc) is 2.51. The molecule has 0 saturated heterocycles. The molecule has 1 heterocycles. The Labute approximate surface area is 145 Å². The largest absolute Gasteiger partial charge is 0.466 e. The van der Waals surface area contributed by atoms with Crippen molar-refractivity contribution in [2.24, 2.45) is 0 Å². The number of ether oxygens (including phenoxy) is 2. The highest BCUT2D eigenvalue weighted by atomic mass is 16.6. The zero-order valence-corrected chi connectivity index (χ0v) is 15.4. The maximum atomic E-state index is 12.0. The third kappa shape index (κ3) is 7.99. The van der Waals surface area contributed by atoms with Crippen LogP contribution in [0.5, 0.6) is 0 Å². The molecule has 0 fully saturated rings. The standard InChI is InChI=1S/C19H29NO4/c1-15(7-6-8-17(21)23-5)9-10-16-11-13-20(14-12-16)18(22)24-19(2,3)4/h6,8-9,11H,7,10,12-14H2,1-5H3/b8-6+,15-9+. The van der Waals surface area contributed by atoms with E-state index in [-0.39, 0.29) is 12.1 Å². The molecule has 0 atom stereocenters. The van der Waals surface area contributed by atoms with Gasteiger partial charge in [0.25, 0.3) is 0 Å². The second kappa shape index (κ2) is 9.30. The number of nitrogens with zero attached hydrogens (tertiary/aromatic N) is 1. The highest BCUT2D eigenvalue weighted by molar-refractivity contribution is 5.81. The number of carbonyl (C=O) groups is 2. The molecule has 0 aromatic heterocycles. The lowest BCUT2D eigenvalue weighted by molar-refractivity contribution is -0.134. The average molecular weight is 335 g/mol. The van der Waals surface area contributed by atoms with E-state index in [0.717, 1.165) is 19.3 Å². The summed E-state index contributed by atoms with van der Waals surface area (Å²) in [6, 6.07) is 0. The van der Waals surface area contributed by atoms with Crippen molar-refractivity contribution < 1.29 is 19.1 Å². The van der Waals surface area contributed by atoms with E-state index in [9.17, 15) is 9.59 Å². The van der Waals surface area contributed by atoms with Crippen molar-refractivity contribution in [2.75, 3.05) is 20.2 Å². The third-order valence-electron chi connectivity index (χ3n) is 3.56. The number of rotatable bonds is 5. The Hall–Kier alpha value is -2.04. The summed E-state index contributed by atoms with van der Waals surface area (Å²) < 4.78 is 9.93. The van der Waals surface area contributed by atoms with Gasteiger partial charge in [0.15, 0.2) is 0 Å². The summed E-state index contributed by atoms with van der Waals surface area (Å²) in [6.45, 7) is 8.95. The molecule has 0 bridgehead atoms. The van der Waals surface area contributed by atoms with Gasteiger partial charge in [0, 0.05) is 19.2 Å². The van der Waals surface area contributed by atoms with Gasteiger partial charge in [-0.15, -0.1) is 0 Å². The molecular weight excluding hydrogens is 306 g/mol. The fourth-order valence-electron chi connectivity index (χ4n) is 2.19. The molecule has 0 aromatic carbocycles. The zero-order valence-electron chi connectivity index (χ0n) is 15.4. The lowest BCUT2D eigenvalue weighted by atomic mass is 10.0. The Morgan fingerprint density at radius 1 is 1.33 bits per heavy atom. The van der Waals surface area contributed by atoms with Gasteiger partial charge in [0.1, 0.15) is 5.60 Å². The minimum Gasteiger partial charge on any atom is -0.466 e. The van der Waals surface area contributed by atoms with Gasteiger partial charge in [-0.25, -0.2) is 9.59 Å². The molecule has 0 unspecified atom stereocenters. The molecule has 1 rings (SSSR count). The third-order valence-corrected chi connectivity index (χ3v) is 3.56. The van der Waals surface area contributed by atoms with E-state index >= 15 is 0 Å². The monoisotopic (exact) mass is 335 g/mol. The molecule has 0 N–H and O–H groups in total. The van der Waals surface area contributed by atoms with Gasteiger partial charge < -0.3 is 14.4 Å². The van der Waals surface area contributed by atoms with E-state index in [0.29, 0.717) is 13.1 Å². The molecule has 0 saturated carbocycles. The molecule has 134 valence electrons. The van der Waals surface area contributed by atoms with Crippen molar-refractivity contribution >= 4 is 12.1 Å². The van der Waals surface area contributed by atoms with Crippen molar-refractivity contribution in [3.8, 4) is 0 Å². The van der Waals surface area contributed by atoms with E-state index in [2.05, 4.69) is 16.9 Å². The maximum absolute atomic E-state index is 12.0. The Balaban J connectivity index is 2.43. The Bertz CT molecular complexity index is 538. The summed E-state index contributed by atoms with van der Waals surface area (Å²) in [5.41, 5.74) is 2.07. The molecular formula is C19H29NO4. The molecule has 5 heteroatoms. The van der Waals surface area contributed by atoms with Crippen LogP contribution in [0.2, 0.25) is 0 Å². The van der Waals surface area contributed by atoms with Crippen LogP contribution in [0.25, 0.3) is 0 Å². The molecule has 1 aliphatic heterocycles. The van der Waals surface area contributed by atoms with Crippen LogP contribution in [0.3, 0.4) is 0 Å². The SMILES string of the molecule is COC(=O)/C=C/C/C(C)=C/CC1=CCN(C(=O)OC(C)(C)C)CC1. The highest BCUT2D eigenvalue weighted by Crippen LogP contribution is 2.18. The van der Waals surface area contributed by atoms with Gasteiger partial charge in [-0.3, -0.25) is 0 Å². The lowest BCUT2D eigenvalue weighted by Gasteiger charge is -2.29. The van der Waals surface area contributed by atoms with Crippen molar-refractivity contribution in [1.29, 1.82) is 0 Å². The van der Waals surface area contributed by atoms with Crippen molar-refractivity contribution in [2.45, 2.75) is 52.6 Å². The van der Waals surface area contributed by atoms with Gasteiger partial charge in [-0.1, -0.05) is 29.4 Å². The fourth-order valence-corrected chi connectivity index (χ4v) is 2.19. The number of esters is 1. The Morgan fingerprint density at radius 3 is 2.58 bits per heavy atom. The zero-order chi connectivity index (χ0) is 18.2. The van der Waals surface area contributed by atoms with E-state index in [1.165, 1.54) is 24.3 Å². The van der Waals surface area contributed by atoms with Crippen molar-refractivity contribution in [3.05, 3.63) is 35.5 Å². The smallest absolute Gasteiger partial charge is 0.410 e. The number of allylic oxidation sites excluding steroid dienone is 3. The summed E-state index contributed by atoms with van der Waals surface area (Å²) in [5.74, 6) is -0.333. The summed E-state index contributed by atoms with van der Waals surface area (Å²) in [4.78, 5) is 24.7. The number of amides is 1. The minimum absolute atomic E-state index is 0.252. The highest BCUT2D eigenvalue weighted by Gasteiger charge is 2.23. The lowest BCUT2D eigenvalue weighted by Crippen LogP contribution is -2.39. The van der Waals surface area contributed by atoms with E-state index < -0.39 is 5.60 Å². The molecule has 0 spiro atoms. The summed E-state index contributed by atoms with van der Waals surface area (Å²) in [6.07, 6.45) is 9.72. The van der Waals surface area contributed by atoms with Crippen LogP contribution in [-0.4, -0.2) is 42.8 Å². The van der Waals surface area contributed by atoms with E-state index in [4.69, 9.17) is 4.74 Å². The second-order valence-electron chi connectivity index (χ2n) is 6.92. The maximum Gasteiger partial charge on any atom is 0.410 e. The second-order valence-corrected chi connectivity index (χ2v) is 6.92. The molecule has 0 aliphatic carbocycles. The quantitative estimate of drug-likeness (QED) is 0.433. The number of methoxy groups -OCH3 is 1. The first kappa shape index (κ1) is 20.0. The number of hydrogen-bond acceptors (Lipinski definition) is 4. The molecule has 1 aliphatic rings. The van der Waals surface area contributed by atoms with Crippen molar-refractivity contribution in [1.82, 2.24) is 4.90 Å². The molecule has 5 nitrogen and oxygen atoms in total. The summed E-state index contributed by atoms with van der Waals surface area (Å²) in [7, 11) is 1.37. The first-order chi connectivity index (χ1) is 11.2. The van der Waals surface area contributed by atoms with Crippen LogP contribution in [0.15, 0.2) is 35.5 Å². The molecule has 0 radical (unpaired) electrons. The van der Waals surface area contributed by atoms with Crippen molar-refractivity contribution in [3.63, 3.8) is 0 Å². The van der Waals surface area contributed by atoms with Crippen LogP contribution in [0, 0.1) is 0 Å². The normalized spacial score (nSPS) is 16.1. The molecule has 24 heavy (non-hydrogen) atoms. The Morgan fingerprint density at radius 2 is 2.04 bits per heavy atom. The van der Waals surface area contributed by atoms with Crippen LogP contribution in [-0.2, 0) is 14.3 Å². The molecule has 0 aromatic rings. The van der Waals surface area contributed by atoms with Gasteiger partial charge in [0.2, 0.25) is 0 Å². The van der Waals surface area contributed by atoms with Crippen LogP contribution in [0.1, 0.15) is 47.0 Å². The summed E-state index contributed by atoms with van der Waals surface area (Å²) in [5, 5.41) is 0. The van der Waals surface area contributed by atoms with Gasteiger partial charge in [0.05, 0.1) is 7.11 Å². The van der Waals surface area contributed by atoms with Gasteiger partial charge in [-0.2, -0.15) is 0 Å². The first-order valence-electron chi connectivity index (χ1n) is 8.27. The van der Waals surface area contributed by atoms with E-state index in [1.54, 1.807) is 11.0 Å². The number of hydrogen-bond donors (Lipinski definition) is 0. The van der Waals surface area contributed by atoms with Gasteiger partial charge >= 0.3 is 12.1 Å². The topological polar surface area (TPSA) is 55.8 Å². The minimum atomic E-state index is -0.460. The Kier molecular flexibility index (Phi) is 7.75. The van der Waals surface area contributed by atoms with Crippen LogP contribution >= 0.6 is 0 Å². The predicted octanol–water partition coefficient (Wildman–Crippen LogP) is 4.01. The van der Waals surface area contributed by atoms with Crippen LogP contribution < -0.4 is 0 Å². The van der Waals surface area contributed by atoms with Gasteiger partial charge in [-0.05, 0) is 47.0 Å². The first-order valence-corrected chi connectivity index (χ1v) is 8.27. The number of carbonyl (C=O) groups excluding carboxylic acids is 2. The predicted molar refractivity (Wildman–Crippen MR) is 94.7 cm³/mol. The van der Waals surface area contributed by atoms with Crippen LogP contribution in [0.4, 0.5) is 4.79 Å². The van der Waals surface area contributed by atoms with E-state index in [1.807, 2.05) is 27.7 Å². The fraction of sp³-hybridized carbons (Fsp3) is 0.579.